The lowest BCUT2D eigenvalue weighted by atomic mass is 10.1. The zero-order valence-corrected chi connectivity index (χ0v) is 9.97. The minimum absolute atomic E-state index is 0.400. The number of hydrogen-bond donors (Lipinski definition) is 1. The SMILES string of the molecule is O=Cc1ccc(NC2Cc3ccccc3C2)nc1. The normalized spacial score (nSPS) is 14.2. The van der Waals surface area contributed by atoms with Crippen molar-refractivity contribution in [2.45, 2.75) is 18.9 Å². The number of carbonyl (C=O) groups excluding carboxylic acids is 1. The van der Waals surface area contributed by atoms with Crippen molar-refractivity contribution in [2.75, 3.05) is 5.32 Å². The lowest BCUT2D eigenvalue weighted by molar-refractivity contribution is 0.112. The number of fused-ring (bicyclic) bond motifs is 1. The van der Waals surface area contributed by atoms with Gasteiger partial charge in [0.05, 0.1) is 0 Å². The highest BCUT2D eigenvalue weighted by atomic mass is 16.1. The standard InChI is InChI=1S/C15H14N2O/c18-10-11-5-6-15(16-9-11)17-14-7-12-3-1-2-4-13(12)8-14/h1-6,9-10,14H,7-8H2,(H,16,17). The van der Waals surface area contributed by atoms with E-state index in [1.807, 2.05) is 6.07 Å². The van der Waals surface area contributed by atoms with Crippen LogP contribution in [0.2, 0.25) is 0 Å². The van der Waals surface area contributed by atoms with Crippen LogP contribution in [0.3, 0.4) is 0 Å². The van der Waals surface area contributed by atoms with E-state index in [9.17, 15) is 4.79 Å². The van der Waals surface area contributed by atoms with Gasteiger partial charge in [-0.05, 0) is 36.1 Å². The van der Waals surface area contributed by atoms with Gasteiger partial charge in [0.2, 0.25) is 0 Å². The molecular formula is C15H14N2O. The van der Waals surface area contributed by atoms with E-state index in [0.29, 0.717) is 11.6 Å². The molecule has 0 spiro atoms. The molecule has 1 aromatic carbocycles. The average molecular weight is 238 g/mol. The minimum atomic E-state index is 0.400. The van der Waals surface area contributed by atoms with Crippen LogP contribution in [-0.4, -0.2) is 17.3 Å². The molecule has 0 amide bonds. The van der Waals surface area contributed by atoms with Gasteiger partial charge in [-0.15, -0.1) is 0 Å². The van der Waals surface area contributed by atoms with Crippen LogP contribution in [0.15, 0.2) is 42.6 Å². The summed E-state index contributed by atoms with van der Waals surface area (Å²) in [6, 6.07) is 12.6. The third-order valence-corrected chi connectivity index (χ3v) is 3.33. The number of anilines is 1. The zero-order valence-electron chi connectivity index (χ0n) is 9.97. The Balaban J connectivity index is 1.70. The Kier molecular flexibility index (Phi) is 2.81. The third-order valence-electron chi connectivity index (χ3n) is 3.33. The minimum Gasteiger partial charge on any atom is -0.367 e. The van der Waals surface area contributed by atoms with Gasteiger partial charge in [-0.3, -0.25) is 4.79 Å². The maximum atomic E-state index is 10.6. The predicted octanol–water partition coefficient (Wildman–Crippen LogP) is 2.47. The van der Waals surface area contributed by atoms with Crippen LogP contribution in [0.5, 0.6) is 0 Å². The highest BCUT2D eigenvalue weighted by Crippen LogP contribution is 2.23. The Labute approximate surface area is 106 Å². The molecule has 0 atom stereocenters. The lowest BCUT2D eigenvalue weighted by Gasteiger charge is -2.12. The number of aldehydes is 1. The van der Waals surface area contributed by atoms with Crippen molar-refractivity contribution in [1.82, 2.24) is 4.98 Å². The van der Waals surface area contributed by atoms with Gasteiger partial charge in [0.25, 0.3) is 0 Å². The zero-order chi connectivity index (χ0) is 12.4. The number of nitrogens with one attached hydrogen (secondary N) is 1. The lowest BCUT2D eigenvalue weighted by Crippen LogP contribution is -2.20. The van der Waals surface area contributed by atoms with E-state index >= 15 is 0 Å². The van der Waals surface area contributed by atoms with Gasteiger partial charge < -0.3 is 5.32 Å². The molecule has 0 aliphatic heterocycles. The fourth-order valence-electron chi connectivity index (χ4n) is 2.43. The van der Waals surface area contributed by atoms with Crippen LogP contribution < -0.4 is 5.32 Å². The van der Waals surface area contributed by atoms with Crippen molar-refractivity contribution < 1.29 is 4.79 Å². The Morgan fingerprint density at radius 2 is 1.83 bits per heavy atom. The van der Waals surface area contributed by atoms with Gasteiger partial charge in [-0.1, -0.05) is 24.3 Å². The molecule has 0 bridgehead atoms. The number of hydrogen-bond acceptors (Lipinski definition) is 3. The number of pyridine rings is 1. The molecule has 1 N–H and O–H groups in total. The molecule has 3 nitrogen and oxygen atoms in total. The van der Waals surface area contributed by atoms with Gasteiger partial charge in [0.1, 0.15) is 5.82 Å². The number of benzene rings is 1. The molecule has 1 aliphatic carbocycles. The first-order valence-electron chi connectivity index (χ1n) is 6.10. The number of aromatic nitrogens is 1. The molecule has 18 heavy (non-hydrogen) atoms. The summed E-state index contributed by atoms with van der Waals surface area (Å²) in [5.74, 6) is 0.832. The van der Waals surface area contributed by atoms with Crippen LogP contribution in [-0.2, 0) is 12.8 Å². The quantitative estimate of drug-likeness (QED) is 0.835. The maximum absolute atomic E-state index is 10.6. The topological polar surface area (TPSA) is 42.0 Å². The van der Waals surface area contributed by atoms with Crippen molar-refractivity contribution in [3.63, 3.8) is 0 Å². The molecule has 0 saturated heterocycles. The van der Waals surface area contributed by atoms with Gasteiger partial charge >= 0.3 is 0 Å². The van der Waals surface area contributed by atoms with E-state index < -0.39 is 0 Å². The second-order valence-corrected chi connectivity index (χ2v) is 4.61. The maximum Gasteiger partial charge on any atom is 0.151 e. The highest BCUT2D eigenvalue weighted by Gasteiger charge is 2.20. The van der Waals surface area contributed by atoms with Crippen molar-refractivity contribution in [2.24, 2.45) is 0 Å². The van der Waals surface area contributed by atoms with Gasteiger partial charge in [-0.25, -0.2) is 4.98 Å². The predicted molar refractivity (Wildman–Crippen MR) is 70.9 cm³/mol. The summed E-state index contributed by atoms with van der Waals surface area (Å²) in [6.07, 6.45) is 4.47. The molecule has 3 rings (SSSR count). The van der Waals surface area contributed by atoms with E-state index in [1.165, 1.54) is 11.1 Å². The molecule has 2 aromatic rings. The van der Waals surface area contributed by atoms with Crippen LogP contribution in [0.4, 0.5) is 5.82 Å². The van der Waals surface area contributed by atoms with E-state index in [-0.39, 0.29) is 0 Å². The van der Waals surface area contributed by atoms with Gasteiger partial charge in [0, 0.05) is 17.8 Å². The molecular weight excluding hydrogens is 224 g/mol. The molecule has 1 aromatic heterocycles. The van der Waals surface area contributed by atoms with Gasteiger partial charge in [-0.2, -0.15) is 0 Å². The third kappa shape index (κ3) is 2.12. The Morgan fingerprint density at radius 1 is 1.11 bits per heavy atom. The summed E-state index contributed by atoms with van der Waals surface area (Å²) in [5.41, 5.74) is 3.44. The average Bonchev–Trinajstić information content (AvgIpc) is 2.82. The molecule has 1 heterocycles. The smallest absolute Gasteiger partial charge is 0.151 e. The van der Waals surface area contributed by atoms with Crippen LogP contribution >= 0.6 is 0 Å². The van der Waals surface area contributed by atoms with E-state index in [4.69, 9.17) is 0 Å². The summed E-state index contributed by atoms with van der Waals surface area (Å²) in [4.78, 5) is 14.8. The molecule has 3 heteroatoms. The Morgan fingerprint density at radius 3 is 2.39 bits per heavy atom. The second kappa shape index (κ2) is 4.61. The fraction of sp³-hybridized carbons (Fsp3) is 0.200. The molecule has 0 unspecified atom stereocenters. The van der Waals surface area contributed by atoms with Crippen LogP contribution in [0.25, 0.3) is 0 Å². The summed E-state index contributed by atoms with van der Waals surface area (Å²) in [5, 5.41) is 3.41. The summed E-state index contributed by atoms with van der Waals surface area (Å²) in [6.45, 7) is 0. The van der Waals surface area contributed by atoms with Crippen molar-refractivity contribution in [3.8, 4) is 0 Å². The first-order valence-corrected chi connectivity index (χ1v) is 6.10. The molecule has 0 radical (unpaired) electrons. The summed E-state index contributed by atoms with van der Waals surface area (Å²) >= 11 is 0. The summed E-state index contributed by atoms with van der Waals surface area (Å²) in [7, 11) is 0. The van der Waals surface area contributed by atoms with Crippen molar-refractivity contribution >= 4 is 12.1 Å². The molecule has 0 fully saturated rings. The van der Waals surface area contributed by atoms with Crippen LogP contribution in [0.1, 0.15) is 21.5 Å². The first kappa shape index (κ1) is 11.0. The Hall–Kier alpha value is -2.16. The first-order chi connectivity index (χ1) is 8.85. The molecule has 1 aliphatic rings. The van der Waals surface area contributed by atoms with Crippen LogP contribution in [0, 0.1) is 0 Å². The Bertz CT molecular complexity index is 538. The summed E-state index contributed by atoms with van der Waals surface area (Å²) < 4.78 is 0. The number of rotatable bonds is 3. The fourth-order valence-corrected chi connectivity index (χ4v) is 2.43. The number of nitrogens with zero attached hydrogens (tertiary/aromatic N) is 1. The molecule has 0 saturated carbocycles. The van der Waals surface area contributed by atoms with Crippen molar-refractivity contribution in [3.05, 3.63) is 59.3 Å². The van der Waals surface area contributed by atoms with Crippen molar-refractivity contribution in [1.29, 1.82) is 0 Å². The largest absolute Gasteiger partial charge is 0.367 e. The van der Waals surface area contributed by atoms with Gasteiger partial charge in [0.15, 0.2) is 6.29 Å². The van der Waals surface area contributed by atoms with E-state index in [2.05, 4.69) is 34.6 Å². The number of carbonyl (C=O) groups is 1. The van der Waals surface area contributed by atoms with E-state index in [0.717, 1.165) is 24.9 Å². The highest BCUT2D eigenvalue weighted by molar-refractivity contribution is 5.74. The monoisotopic (exact) mass is 238 g/mol. The second-order valence-electron chi connectivity index (χ2n) is 4.61. The molecule has 90 valence electrons. The van der Waals surface area contributed by atoms with E-state index in [1.54, 1.807) is 12.3 Å².